The summed E-state index contributed by atoms with van der Waals surface area (Å²) in [4.78, 5) is 23.9. The van der Waals surface area contributed by atoms with Gasteiger partial charge in [0.1, 0.15) is 0 Å². The third-order valence-corrected chi connectivity index (χ3v) is 2.33. The van der Waals surface area contributed by atoms with E-state index in [-0.39, 0.29) is 6.04 Å². The minimum absolute atomic E-state index is 0.0129. The molecule has 0 aromatic carbocycles. The molecule has 0 saturated carbocycles. The van der Waals surface area contributed by atoms with E-state index in [4.69, 9.17) is 5.11 Å². The smallest absolute Gasteiger partial charge is 0.312 e. The van der Waals surface area contributed by atoms with Gasteiger partial charge in [-0.15, -0.1) is 0 Å². The molecule has 2 amide bonds. The molecule has 0 spiro atoms. The molecule has 5 nitrogen and oxygen atoms in total. The van der Waals surface area contributed by atoms with Crippen molar-refractivity contribution in [2.24, 2.45) is 0 Å². The maximum atomic E-state index is 11.4. The van der Waals surface area contributed by atoms with Crippen molar-refractivity contribution in [2.75, 3.05) is 13.1 Å². The van der Waals surface area contributed by atoms with Crippen LogP contribution in [-0.2, 0) is 9.59 Å². The lowest BCUT2D eigenvalue weighted by molar-refractivity contribution is -0.150. The Morgan fingerprint density at radius 1 is 1.64 bits per heavy atom. The van der Waals surface area contributed by atoms with Gasteiger partial charge in [-0.05, 0) is 20.3 Å². The van der Waals surface area contributed by atoms with Crippen LogP contribution in [0, 0.1) is 0 Å². The number of hydrogen-bond acceptors (Lipinski definition) is 3. The van der Waals surface area contributed by atoms with Gasteiger partial charge in [0.15, 0.2) is 0 Å². The summed E-state index contributed by atoms with van der Waals surface area (Å²) in [6, 6.07) is 0.0129. The van der Waals surface area contributed by atoms with Gasteiger partial charge in [0.05, 0.1) is 6.10 Å². The van der Waals surface area contributed by atoms with E-state index >= 15 is 0 Å². The van der Waals surface area contributed by atoms with Crippen molar-refractivity contribution in [1.82, 2.24) is 10.2 Å². The van der Waals surface area contributed by atoms with Gasteiger partial charge in [0.2, 0.25) is 0 Å². The molecule has 1 aliphatic rings. The normalized spacial score (nSPS) is 24.8. The summed E-state index contributed by atoms with van der Waals surface area (Å²) in [5, 5.41) is 11.6. The Balaban J connectivity index is 2.54. The fourth-order valence-corrected chi connectivity index (χ4v) is 1.40. The topological polar surface area (TPSA) is 69.6 Å². The summed E-state index contributed by atoms with van der Waals surface area (Å²) in [6.07, 6.45) is 0.0589. The zero-order chi connectivity index (χ0) is 10.7. The molecule has 14 heavy (non-hydrogen) atoms. The number of nitrogens with zero attached hydrogens (tertiary/aromatic N) is 1. The van der Waals surface area contributed by atoms with E-state index in [1.54, 1.807) is 6.92 Å². The Labute approximate surface area is 83.1 Å². The number of carbonyl (C=O) groups excluding carboxylic acids is 2. The highest BCUT2D eigenvalue weighted by molar-refractivity contribution is 6.35. The summed E-state index contributed by atoms with van der Waals surface area (Å²) in [7, 11) is 0. The average Bonchev–Trinajstić information content (AvgIpc) is 2.11. The Kier molecular flexibility index (Phi) is 3.46. The Morgan fingerprint density at radius 2 is 2.29 bits per heavy atom. The number of hydrogen-bond donors (Lipinski definition) is 2. The molecule has 2 unspecified atom stereocenters. The van der Waals surface area contributed by atoms with E-state index < -0.39 is 17.9 Å². The molecule has 0 bridgehead atoms. The second-order valence-corrected chi connectivity index (χ2v) is 3.70. The predicted octanol–water partition coefficient (Wildman–Crippen LogP) is -0.896. The maximum Gasteiger partial charge on any atom is 0.312 e. The number of piperazine rings is 1. The third-order valence-electron chi connectivity index (χ3n) is 2.33. The standard InChI is InChI=1S/C9H16N2O3/c1-6-5-10-8(13)9(14)11(6)4-3-7(2)12/h6-7,12H,3-5H2,1-2H3,(H,10,13). The summed E-state index contributed by atoms with van der Waals surface area (Å²) >= 11 is 0. The first kappa shape index (κ1) is 11.0. The number of aliphatic hydroxyl groups is 1. The summed E-state index contributed by atoms with van der Waals surface area (Å²) in [5.41, 5.74) is 0. The van der Waals surface area contributed by atoms with Gasteiger partial charge in [-0.2, -0.15) is 0 Å². The van der Waals surface area contributed by atoms with Crippen molar-refractivity contribution in [1.29, 1.82) is 0 Å². The molecule has 0 aromatic heterocycles. The van der Waals surface area contributed by atoms with E-state index in [9.17, 15) is 9.59 Å². The van der Waals surface area contributed by atoms with Gasteiger partial charge in [-0.25, -0.2) is 0 Å². The van der Waals surface area contributed by atoms with Gasteiger partial charge >= 0.3 is 11.8 Å². The molecule has 0 aromatic rings. The van der Waals surface area contributed by atoms with Crippen LogP contribution in [-0.4, -0.2) is 47.1 Å². The Bertz CT molecular complexity index is 240. The van der Waals surface area contributed by atoms with Crippen LogP contribution in [0.4, 0.5) is 0 Å². The molecule has 5 heteroatoms. The highest BCUT2D eigenvalue weighted by Gasteiger charge is 2.30. The molecule has 80 valence electrons. The van der Waals surface area contributed by atoms with Gasteiger partial charge < -0.3 is 15.3 Å². The molecule has 0 radical (unpaired) electrons. The second-order valence-electron chi connectivity index (χ2n) is 3.70. The summed E-state index contributed by atoms with van der Waals surface area (Å²) in [6.45, 7) is 4.47. The molecule has 1 heterocycles. The van der Waals surface area contributed by atoms with Crippen LogP contribution >= 0.6 is 0 Å². The molecule has 1 aliphatic heterocycles. The first-order valence-corrected chi connectivity index (χ1v) is 4.79. The summed E-state index contributed by atoms with van der Waals surface area (Å²) in [5.74, 6) is -1.04. The van der Waals surface area contributed by atoms with E-state index in [1.807, 2.05) is 6.92 Å². The van der Waals surface area contributed by atoms with Crippen LogP contribution in [0.2, 0.25) is 0 Å². The largest absolute Gasteiger partial charge is 0.393 e. The fourth-order valence-electron chi connectivity index (χ4n) is 1.40. The Hall–Kier alpha value is -1.10. The minimum Gasteiger partial charge on any atom is -0.393 e. The van der Waals surface area contributed by atoms with E-state index in [0.717, 1.165) is 0 Å². The molecule has 1 saturated heterocycles. The highest BCUT2D eigenvalue weighted by atomic mass is 16.3. The zero-order valence-corrected chi connectivity index (χ0v) is 8.49. The van der Waals surface area contributed by atoms with Crippen molar-refractivity contribution < 1.29 is 14.7 Å². The van der Waals surface area contributed by atoms with Crippen LogP contribution in [0.3, 0.4) is 0 Å². The number of amides is 2. The lowest BCUT2D eigenvalue weighted by Crippen LogP contribution is -2.57. The van der Waals surface area contributed by atoms with Crippen LogP contribution in [0.1, 0.15) is 20.3 Å². The number of rotatable bonds is 3. The van der Waals surface area contributed by atoms with Crippen molar-refractivity contribution in [3.8, 4) is 0 Å². The zero-order valence-electron chi connectivity index (χ0n) is 8.49. The SMILES string of the molecule is CC(O)CCN1C(=O)C(=O)NCC1C. The predicted molar refractivity (Wildman–Crippen MR) is 50.5 cm³/mol. The molecule has 0 aliphatic carbocycles. The second kappa shape index (κ2) is 4.41. The van der Waals surface area contributed by atoms with Gasteiger partial charge in [-0.3, -0.25) is 9.59 Å². The van der Waals surface area contributed by atoms with E-state index in [2.05, 4.69) is 5.32 Å². The summed E-state index contributed by atoms with van der Waals surface area (Å²) < 4.78 is 0. The monoisotopic (exact) mass is 200 g/mol. The molecule has 2 atom stereocenters. The van der Waals surface area contributed by atoms with Gasteiger partial charge in [-0.1, -0.05) is 0 Å². The average molecular weight is 200 g/mol. The number of nitrogens with one attached hydrogen (secondary N) is 1. The highest BCUT2D eigenvalue weighted by Crippen LogP contribution is 2.06. The maximum absolute atomic E-state index is 11.4. The molecular formula is C9H16N2O3. The molecule has 1 fully saturated rings. The molecule has 2 N–H and O–H groups in total. The van der Waals surface area contributed by atoms with Crippen LogP contribution in [0.15, 0.2) is 0 Å². The first-order valence-electron chi connectivity index (χ1n) is 4.79. The molecule has 1 rings (SSSR count). The molecular weight excluding hydrogens is 184 g/mol. The van der Waals surface area contributed by atoms with E-state index in [1.165, 1.54) is 4.90 Å². The third kappa shape index (κ3) is 2.45. The van der Waals surface area contributed by atoms with Crippen molar-refractivity contribution in [2.45, 2.75) is 32.4 Å². The first-order chi connectivity index (χ1) is 6.52. The van der Waals surface area contributed by atoms with Crippen molar-refractivity contribution in [3.05, 3.63) is 0 Å². The van der Waals surface area contributed by atoms with Gasteiger partial charge in [0, 0.05) is 19.1 Å². The Morgan fingerprint density at radius 3 is 2.86 bits per heavy atom. The van der Waals surface area contributed by atoms with Crippen LogP contribution in [0.25, 0.3) is 0 Å². The fraction of sp³-hybridized carbons (Fsp3) is 0.778. The minimum atomic E-state index is -0.548. The van der Waals surface area contributed by atoms with Crippen LogP contribution < -0.4 is 5.32 Å². The number of aliphatic hydroxyl groups excluding tert-OH is 1. The number of carbonyl (C=O) groups is 2. The van der Waals surface area contributed by atoms with E-state index in [0.29, 0.717) is 19.5 Å². The van der Waals surface area contributed by atoms with Gasteiger partial charge in [0.25, 0.3) is 0 Å². The quantitative estimate of drug-likeness (QED) is 0.580. The van der Waals surface area contributed by atoms with Crippen molar-refractivity contribution in [3.63, 3.8) is 0 Å². The van der Waals surface area contributed by atoms with Crippen molar-refractivity contribution >= 4 is 11.8 Å². The lowest BCUT2D eigenvalue weighted by Gasteiger charge is -2.33. The van der Waals surface area contributed by atoms with Crippen LogP contribution in [0.5, 0.6) is 0 Å². The lowest BCUT2D eigenvalue weighted by atomic mass is 10.1.